The summed E-state index contributed by atoms with van der Waals surface area (Å²) in [6.45, 7) is 0.779. The average Bonchev–Trinajstić information content (AvgIpc) is 3.08. The highest BCUT2D eigenvalue weighted by Crippen LogP contribution is 2.19. The molecule has 0 bridgehead atoms. The number of rotatable bonds is 5. The Balaban J connectivity index is 1.74. The largest absolute Gasteiger partial charge is 0.490 e. The highest BCUT2D eigenvalue weighted by molar-refractivity contribution is 5.82. The molecular formula is C16H18N2O5. The second-order valence-corrected chi connectivity index (χ2v) is 4.97. The minimum absolute atomic E-state index is 0.0876. The third kappa shape index (κ3) is 4.36. The fraction of sp³-hybridized carbons (Fsp3) is 0.438. The minimum atomic E-state index is -0.586. The van der Waals surface area contributed by atoms with Gasteiger partial charge >= 0.3 is 12.1 Å². The van der Waals surface area contributed by atoms with E-state index in [1.54, 1.807) is 24.3 Å². The summed E-state index contributed by atoms with van der Waals surface area (Å²) < 4.78 is 15.2. The molecule has 7 nitrogen and oxygen atoms in total. The van der Waals surface area contributed by atoms with Crippen LogP contribution in [0.2, 0.25) is 0 Å². The maximum absolute atomic E-state index is 12.0. The molecule has 23 heavy (non-hydrogen) atoms. The summed E-state index contributed by atoms with van der Waals surface area (Å²) in [5.74, 6) is 0.147. The molecule has 0 spiro atoms. The van der Waals surface area contributed by atoms with Crippen LogP contribution in [0.1, 0.15) is 18.4 Å². The number of esters is 1. The average molecular weight is 318 g/mol. The standard InChI is InChI=1S/C16H18N2O5/c1-21-16(20)18-8-2-3-14(18)15(19)23-10-9-22-13-6-4-12(11-17)5-7-13/h4-7,14H,2-3,8-10H2,1H3/t14-/m1/s1. The fourth-order valence-electron chi connectivity index (χ4n) is 2.37. The van der Waals surface area contributed by atoms with Crippen LogP contribution >= 0.6 is 0 Å². The van der Waals surface area contributed by atoms with Crippen molar-refractivity contribution >= 4 is 12.1 Å². The van der Waals surface area contributed by atoms with Crippen molar-refractivity contribution in [3.8, 4) is 11.8 Å². The normalized spacial score (nSPS) is 16.5. The Bertz CT molecular complexity index is 593. The van der Waals surface area contributed by atoms with E-state index in [0.717, 1.165) is 6.42 Å². The molecule has 7 heteroatoms. The Labute approximate surface area is 134 Å². The molecule has 1 aliphatic rings. The van der Waals surface area contributed by atoms with Crippen LogP contribution in [-0.4, -0.2) is 49.9 Å². The van der Waals surface area contributed by atoms with E-state index in [9.17, 15) is 9.59 Å². The summed E-state index contributed by atoms with van der Waals surface area (Å²) in [5.41, 5.74) is 0.549. The van der Waals surface area contributed by atoms with Crippen LogP contribution in [0.15, 0.2) is 24.3 Å². The summed E-state index contributed by atoms with van der Waals surface area (Å²) in [6.07, 6.45) is 0.805. The van der Waals surface area contributed by atoms with Crippen LogP contribution in [-0.2, 0) is 14.3 Å². The lowest BCUT2D eigenvalue weighted by atomic mass is 10.2. The molecule has 2 rings (SSSR count). The number of benzene rings is 1. The van der Waals surface area contributed by atoms with Crippen LogP contribution in [0.3, 0.4) is 0 Å². The highest BCUT2D eigenvalue weighted by atomic mass is 16.6. The van der Waals surface area contributed by atoms with Gasteiger partial charge in [-0.25, -0.2) is 9.59 Å². The van der Waals surface area contributed by atoms with Gasteiger partial charge in [0, 0.05) is 6.54 Å². The molecule has 122 valence electrons. The van der Waals surface area contributed by atoms with Gasteiger partial charge in [0.25, 0.3) is 0 Å². The molecule has 0 aliphatic carbocycles. The van der Waals surface area contributed by atoms with E-state index in [-0.39, 0.29) is 13.2 Å². The second-order valence-electron chi connectivity index (χ2n) is 4.97. The molecule has 0 unspecified atom stereocenters. The zero-order valence-corrected chi connectivity index (χ0v) is 12.9. The number of hydrogen-bond acceptors (Lipinski definition) is 6. The van der Waals surface area contributed by atoms with Gasteiger partial charge in [-0.3, -0.25) is 4.90 Å². The molecule has 0 aromatic heterocycles. The number of carbonyl (C=O) groups is 2. The molecule has 1 aromatic rings. The Morgan fingerprint density at radius 3 is 2.70 bits per heavy atom. The monoisotopic (exact) mass is 318 g/mol. The summed E-state index contributed by atoms with van der Waals surface area (Å²) in [7, 11) is 1.29. The quantitative estimate of drug-likeness (QED) is 0.606. The maximum atomic E-state index is 12.0. The molecular weight excluding hydrogens is 300 g/mol. The van der Waals surface area contributed by atoms with Crippen molar-refractivity contribution in [3.05, 3.63) is 29.8 Å². The number of hydrogen-bond donors (Lipinski definition) is 0. The first-order chi connectivity index (χ1) is 11.2. The SMILES string of the molecule is COC(=O)N1CCC[C@@H]1C(=O)OCCOc1ccc(C#N)cc1. The number of amides is 1. The zero-order valence-electron chi connectivity index (χ0n) is 12.9. The van der Waals surface area contributed by atoms with Crippen molar-refractivity contribution in [1.82, 2.24) is 4.90 Å². The van der Waals surface area contributed by atoms with Crippen LogP contribution < -0.4 is 4.74 Å². The molecule has 1 saturated heterocycles. The Morgan fingerprint density at radius 1 is 1.30 bits per heavy atom. The van der Waals surface area contributed by atoms with Gasteiger partial charge in [0.1, 0.15) is 25.0 Å². The number of methoxy groups -OCH3 is 1. The molecule has 0 radical (unpaired) electrons. The van der Waals surface area contributed by atoms with E-state index in [2.05, 4.69) is 4.74 Å². The molecule has 1 heterocycles. The van der Waals surface area contributed by atoms with Gasteiger partial charge in [-0.15, -0.1) is 0 Å². The van der Waals surface area contributed by atoms with Crippen molar-refractivity contribution in [3.63, 3.8) is 0 Å². The van der Waals surface area contributed by atoms with Crippen molar-refractivity contribution in [1.29, 1.82) is 5.26 Å². The Morgan fingerprint density at radius 2 is 2.04 bits per heavy atom. The van der Waals surface area contributed by atoms with E-state index in [1.807, 2.05) is 6.07 Å². The highest BCUT2D eigenvalue weighted by Gasteiger charge is 2.35. The van der Waals surface area contributed by atoms with E-state index < -0.39 is 18.1 Å². The van der Waals surface area contributed by atoms with Gasteiger partial charge in [0.2, 0.25) is 0 Å². The predicted octanol–water partition coefficient (Wildman–Crippen LogP) is 1.71. The van der Waals surface area contributed by atoms with Gasteiger partial charge in [0.15, 0.2) is 0 Å². The van der Waals surface area contributed by atoms with Crippen LogP contribution in [0.4, 0.5) is 4.79 Å². The number of ether oxygens (including phenoxy) is 3. The molecule has 1 aromatic carbocycles. The van der Waals surface area contributed by atoms with Gasteiger partial charge in [-0.05, 0) is 37.1 Å². The number of nitrogens with zero attached hydrogens (tertiary/aromatic N) is 2. The lowest BCUT2D eigenvalue weighted by molar-refractivity contribution is -0.149. The van der Waals surface area contributed by atoms with E-state index in [1.165, 1.54) is 12.0 Å². The lowest BCUT2D eigenvalue weighted by Crippen LogP contribution is -2.41. The van der Waals surface area contributed by atoms with E-state index >= 15 is 0 Å². The molecule has 1 amide bonds. The van der Waals surface area contributed by atoms with Crippen LogP contribution in [0.25, 0.3) is 0 Å². The van der Waals surface area contributed by atoms with Crippen molar-refractivity contribution in [2.75, 3.05) is 26.9 Å². The van der Waals surface area contributed by atoms with Gasteiger partial charge in [0.05, 0.1) is 18.7 Å². The molecule has 1 fully saturated rings. The predicted molar refractivity (Wildman–Crippen MR) is 79.7 cm³/mol. The lowest BCUT2D eigenvalue weighted by Gasteiger charge is -2.21. The molecule has 1 aliphatic heterocycles. The maximum Gasteiger partial charge on any atom is 0.410 e. The summed E-state index contributed by atoms with van der Waals surface area (Å²) in [4.78, 5) is 24.9. The van der Waals surface area contributed by atoms with Crippen LogP contribution in [0, 0.1) is 11.3 Å². The van der Waals surface area contributed by atoms with E-state index in [0.29, 0.717) is 24.3 Å². The smallest absolute Gasteiger partial charge is 0.410 e. The summed E-state index contributed by atoms with van der Waals surface area (Å²) in [6, 6.07) is 8.08. The zero-order chi connectivity index (χ0) is 16.7. The number of likely N-dealkylation sites (tertiary alicyclic amines) is 1. The molecule has 0 N–H and O–H groups in total. The van der Waals surface area contributed by atoms with Gasteiger partial charge in [-0.2, -0.15) is 5.26 Å². The second kappa shape index (κ2) is 8.03. The van der Waals surface area contributed by atoms with Crippen molar-refractivity contribution in [2.24, 2.45) is 0 Å². The van der Waals surface area contributed by atoms with Crippen molar-refractivity contribution < 1.29 is 23.8 Å². The van der Waals surface area contributed by atoms with E-state index in [4.69, 9.17) is 14.7 Å². The third-order valence-corrected chi connectivity index (χ3v) is 3.51. The molecule has 1 atom stereocenters. The first kappa shape index (κ1) is 16.6. The minimum Gasteiger partial charge on any atom is -0.490 e. The fourth-order valence-corrected chi connectivity index (χ4v) is 2.37. The number of nitriles is 1. The topological polar surface area (TPSA) is 88.9 Å². The Kier molecular flexibility index (Phi) is 5.80. The van der Waals surface area contributed by atoms with Gasteiger partial charge in [-0.1, -0.05) is 0 Å². The number of carbonyl (C=O) groups excluding carboxylic acids is 2. The summed E-state index contributed by atoms with van der Waals surface area (Å²) >= 11 is 0. The van der Waals surface area contributed by atoms with Crippen molar-refractivity contribution in [2.45, 2.75) is 18.9 Å². The third-order valence-electron chi connectivity index (χ3n) is 3.51. The molecule has 0 saturated carbocycles. The summed E-state index contributed by atoms with van der Waals surface area (Å²) in [5, 5.41) is 8.70. The Hall–Kier alpha value is -2.75. The van der Waals surface area contributed by atoms with Gasteiger partial charge < -0.3 is 14.2 Å². The first-order valence-corrected chi connectivity index (χ1v) is 7.30. The van der Waals surface area contributed by atoms with Crippen LogP contribution in [0.5, 0.6) is 5.75 Å². The first-order valence-electron chi connectivity index (χ1n) is 7.30.